The van der Waals surface area contributed by atoms with Gasteiger partial charge in [0.2, 0.25) is 5.91 Å². The molecule has 1 amide bonds. The number of carbonyl (C=O) groups is 1. The number of nitrogens with two attached hydrogens (primary N) is 1. The standard InChI is InChI=1S/C12H26N2O2S/c1-5-14-12(4,11(13)16)7-6-8-17-10(3)9(2)15/h9-10,14-15H,5-8H2,1-4H3,(H2,13,16). The van der Waals surface area contributed by atoms with Crippen LogP contribution in [0, 0.1) is 0 Å². The number of likely N-dealkylation sites (N-methyl/N-ethyl adjacent to an activating group) is 1. The molecular weight excluding hydrogens is 236 g/mol. The van der Waals surface area contributed by atoms with Crippen molar-refractivity contribution in [1.29, 1.82) is 0 Å². The summed E-state index contributed by atoms with van der Waals surface area (Å²) in [6.07, 6.45) is 1.35. The molecular formula is C12H26N2O2S. The van der Waals surface area contributed by atoms with Gasteiger partial charge in [-0.3, -0.25) is 4.79 Å². The Labute approximate surface area is 109 Å². The van der Waals surface area contributed by atoms with Crippen molar-refractivity contribution >= 4 is 17.7 Å². The third kappa shape index (κ3) is 6.29. The van der Waals surface area contributed by atoms with Gasteiger partial charge in [0.15, 0.2) is 0 Å². The summed E-state index contributed by atoms with van der Waals surface area (Å²) >= 11 is 1.73. The normalized spacial score (nSPS) is 18.4. The van der Waals surface area contributed by atoms with E-state index in [9.17, 15) is 9.90 Å². The maximum Gasteiger partial charge on any atom is 0.237 e. The van der Waals surface area contributed by atoms with E-state index in [0.717, 1.165) is 25.1 Å². The molecule has 3 unspecified atom stereocenters. The van der Waals surface area contributed by atoms with Crippen LogP contribution in [0.2, 0.25) is 0 Å². The largest absolute Gasteiger partial charge is 0.392 e. The lowest BCUT2D eigenvalue weighted by Gasteiger charge is -2.27. The average Bonchev–Trinajstić information content (AvgIpc) is 2.24. The van der Waals surface area contributed by atoms with Crippen molar-refractivity contribution in [2.24, 2.45) is 5.73 Å². The summed E-state index contributed by atoms with van der Waals surface area (Å²) in [5, 5.41) is 12.7. The van der Waals surface area contributed by atoms with Crippen LogP contribution in [0.15, 0.2) is 0 Å². The van der Waals surface area contributed by atoms with E-state index in [1.807, 2.05) is 20.8 Å². The number of thioether (sulfide) groups is 1. The molecule has 0 aliphatic heterocycles. The van der Waals surface area contributed by atoms with Gasteiger partial charge in [-0.05, 0) is 39.0 Å². The molecule has 0 aromatic heterocycles. The highest BCUT2D eigenvalue weighted by Gasteiger charge is 2.29. The zero-order valence-corrected chi connectivity index (χ0v) is 12.1. The van der Waals surface area contributed by atoms with Gasteiger partial charge in [-0.25, -0.2) is 0 Å². The van der Waals surface area contributed by atoms with Gasteiger partial charge in [0.1, 0.15) is 0 Å². The summed E-state index contributed by atoms with van der Waals surface area (Å²) in [5.41, 5.74) is 4.79. The number of amides is 1. The molecule has 0 aromatic carbocycles. The predicted octanol–water partition coefficient (Wildman–Crippen LogP) is 1.12. The molecule has 0 aliphatic rings. The van der Waals surface area contributed by atoms with Gasteiger partial charge in [-0.1, -0.05) is 13.8 Å². The number of primary amides is 1. The van der Waals surface area contributed by atoms with Crippen molar-refractivity contribution in [3.63, 3.8) is 0 Å². The summed E-state index contributed by atoms with van der Waals surface area (Å²) in [5.74, 6) is 0.633. The van der Waals surface area contributed by atoms with Gasteiger partial charge in [-0.15, -0.1) is 0 Å². The molecule has 4 nitrogen and oxygen atoms in total. The molecule has 17 heavy (non-hydrogen) atoms. The molecule has 102 valence electrons. The number of hydrogen-bond donors (Lipinski definition) is 3. The first-order valence-corrected chi connectivity index (χ1v) is 7.23. The lowest BCUT2D eigenvalue weighted by Crippen LogP contribution is -2.53. The van der Waals surface area contributed by atoms with E-state index in [4.69, 9.17) is 5.73 Å². The molecule has 5 heteroatoms. The monoisotopic (exact) mass is 262 g/mol. The molecule has 0 saturated heterocycles. The highest BCUT2D eigenvalue weighted by Crippen LogP contribution is 2.19. The van der Waals surface area contributed by atoms with Gasteiger partial charge in [0, 0.05) is 5.25 Å². The van der Waals surface area contributed by atoms with Gasteiger partial charge in [0.25, 0.3) is 0 Å². The fourth-order valence-corrected chi connectivity index (χ4v) is 2.48. The number of rotatable bonds is 9. The molecule has 0 saturated carbocycles. The Morgan fingerprint density at radius 2 is 2.12 bits per heavy atom. The lowest BCUT2D eigenvalue weighted by molar-refractivity contribution is -0.124. The van der Waals surface area contributed by atoms with E-state index >= 15 is 0 Å². The molecule has 0 spiro atoms. The fourth-order valence-electron chi connectivity index (χ4n) is 1.52. The minimum Gasteiger partial charge on any atom is -0.392 e. The Balaban J connectivity index is 3.95. The first kappa shape index (κ1) is 16.7. The quantitative estimate of drug-likeness (QED) is 0.544. The minimum absolute atomic E-state index is 0.231. The summed E-state index contributed by atoms with van der Waals surface area (Å²) < 4.78 is 0. The van der Waals surface area contributed by atoms with Crippen molar-refractivity contribution in [3.05, 3.63) is 0 Å². The Morgan fingerprint density at radius 3 is 2.53 bits per heavy atom. The van der Waals surface area contributed by atoms with Crippen molar-refractivity contribution in [2.45, 2.75) is 57.4 Å². The van der Waals surface area contributed by atoms with Gasteiger partial charge in [0.05, 0.1) is 11.6 Å². The Bertz CT molecular complexity index is 237. The molecule has 0 rings (SSSR count). The number of carbonyl (C=O) groups excluding carboxylic acids is 1. The molecule has 0 aromatic rings. The lowest BCUT2D eigenvalue weighted by atomic mass is 9.95. The number of nitrogens with one attached hydrogen (secondary N) is 1. The smallest absolute Gasteiger partial charge is 0.237 e. The van der Waals surface area contributed by atoms with E-state index in [1.54, 1.807) is 18.7 Å². The highest BCUT2D eigenvalue weighted by molar-refractivity contribution is 7.99. The van der Waals surface area contributed by atoms with E-state index < -0.39 is 5.54 Å². The second-order valence-electron chi connectivity index (χ2n) is 4.65. The molecule has 4 N–H and O–H groups in total. The SMILES string of the molecule is CCNC(C)(CCCSC(C)C(C)O)C(N)=O. The Kier molecular flexibility index (Phi) is 7.83. The zero-order chi connectivity index (χ0) is 13.5. The number of aliphatic hydroxyl groups is 1. The summed E-state index contributed by atoms with van der Waals surface area (Å²) in [6, 6.07) is 0. The van der Waals surface area contributed by atoms with Crippen LogP contribution in [0.25, 0.3) is 0 Å². The van der Waals surface area contributed by atoms with E-state index in [2.05, 4.69) is 5.32 Å². The van der Waals surface area contributed by atoms with Crippen LogP contribution in [-0.2, 0) is 4.79 Å². The van der Waals surface area contributed by atoms with Crippen LogP contribution < -0.4 is 11.1 Å². The maximum atomic E-state index is 11.4. The van der Waals surface area contributed by atoms with E-state index in [1.165, 1.54) is 0 Å². The predicted molar refractivity (Wildman–Crippen MR) is 74.1 cm³/mol. The molecule has 0 aliphatic carbocycles. The van der Waals surface area contributed by atoms with Gasteiger partial charge < -0.3 is 16.2 Å². The fraction of sp³-hybridized carbons (Fsp3) is 0.917. The molecule has 0 fully saturated rings. The topological polar surface area (TPSA) is 75.3 Å². The van der Waals surface area contributed by atoms with Crippen LogP contribution >= 0.6 is 11.8 Å². The van der Waals surface area contributed by atoms with E-state index in [-0.39, 0.29) is 17.3 Å². The van der Waals surface area contributed by atoms with Crippen LogP contribution in [0.5, 0.6) is 0 Å². The van der Waals surface area contributed by atoms with Crippen molar-refractivity contribution in [2.75, 3.05) is 12.3 Å². The zero-order valence-electron chi connectivity index (χ0n) is 11.3. The molecule has 0 heterocycles. The van der Waals surface area contributed by atoms with Gasteiger partial charge >= 0.3 is 0 Å². The van der Waals surface area contributed by atoms with Crippen LogP contribution in [-0.4, -0.2) is 40.2 Å². The van der Waals surface area contributed by atoms with Gasteiger partial charge in [-0.2, -0.15) is 11.8 Å². The van der Waals surface area contributed by atoms with Crippen LogP contribution in [0.4, 0.5) is 0 Å². The number of aliphatic hydroxyl groups excluding tert-OH is 1. The second kappa shape index (κ2) is 7.95. The number of hydrogen-bond acceptors (Lipinski definition) is 4. The third-order valence-corrected chi connectivity index (χ3v) is 4.44. The van der Waals surface area contributed by atoms with Crippen molar-refractivity contribution < 1.29 is 9.90 Å². The molecule has 0 bridgehead atoms. The summed E-state index contributed by atoms with van der Waals surface area (Å²) in [4.78, 5) is 11.4. The van der Waals surface area contributed by atoms with Crippen LogP contribution in [0.1, 0.15) is 40.5 Å². The minimum atomic E-state index is -0.608. The highest BCUT2D eigenvalue weighted by atomic mass is 32.2. The van der Waals surface area contributed by atoms with Crippen molar-refractivity contribution in [3.8, 4) is 0 Å². The summed E-state index contributed by atoms with van der Waals surface area (Å²) in [6.45, 7) is 8.35. The molecule has 3 atom stereocenters. The maximum absolute atomic E-state index is 11.4. The second-order valence-corrected chi connectivity index (χ2v) is 6.13. The Morgan fingerprint density at radius 1 is 1.53 bits per heavy atom. The van der Waals surface area contributed by atoms with Crippen LogP contribution in [0.3, 0.4) is 0 Å². The van der Waals surface area contributed by atoms with E-state index in [0.29, 0.717) is 0 Å². The summed E-state index contributed by atoms with van der Waals surface area (Å²) in [7, 11) is 0. The first-order chi connectivity index (χ1) is 7.83. The first-order valence-electron chi connectivity index (χ1n) is 6.18. The average molecular weight is 262 g/mol. The third-order valence-electron chi connectivity index (χ3n) is 2.99. The Hall–Kier alpha value is -0.260. The van der Waals surface area contributed by atoms with Crippen molar-refractivity contribution in [1.82, 2.24) is 5.32 Å². The molecule has 0 radical (unpaired) electrons.